The summed E-state index contributed by atoms with van der Waals surface area (Å²) in [5.41, 5.74) is -0.376. The standard InChI is InChI=1S/C14H19BrF2N2O/c1-5-14(3,4)19-13(20)8(2)18-12-7-10(16)9(15)6-11(12)17/h6-8,18H,5H2,1-4H3,(H,19,20). The summed E-state index contributed by atoms with van der Waals surface area (Å²) in [6.45, 7) is 7.36. The minimum absolute atomic E-state index is 0.0392. The van der Waals surface area contributed by atoms with Crippen molar-refractivity contribution < 1.29 is 13.6 Å². The highest BCUT2D eigenvalue weighted by Gasteiger charge is 2.22. The molecule has 1 atom stereocenters. The zero-order valence-corrected chi connectivity index (χ0v) is 13.6. The molecule has 0 fully saturated rings. The second-order valence-electron chi connectivity index (χ2n) is 5.34. The molecule has 1 amide bonds. The van der Waals surface area contributed by atoms with Crippen molar-refractivity contribution in [2.75, 3.05) is 5.32 Å². The first-order valence-electron chi connectivity index (χ1n) is 6.39. The van der Waals surface area contributed by atoms with Gasteiger partial charge in [0.1, 0.15) is 17.7 Å². The van der Waals surface area contributed by atoms with E-state index in [0.29, 0.717) is 0 Å². The van der Waals surface area contributed by atoms with Gasteiger partial charge in [0.25, 0.3) is 0 Å². The first-order chi connectivity index (χ1) is 9.16. The third kappa shape index (κ3) is 4.44. The second-order valence-corrected chi connectivity index (χ2v) is 6.19. The Hall–Kier alpha value is -1.17. The number of carbonyl (C=O) groups excluding carboxylic acids is 1. The molecule has 0 bridgehead atoms. The Labute approximate surface area is 126 Å². The van der Waals surface area contributed by atoms with E-state index in [9.17, 15) is 13.6 Å². The summed E-state index contributed by atoms with van der Waals surface area (Å²) in [4.78, 5) is 12.0. The number of rotatable bonds is 5. The zero-order chi connectivity index (χ0) is 15.5. The number of benzene rings is 1. The molecule has 20 heavy (non-hydrogen) atoms. The van der Waals surface area contributed by atoms with Crippen molar-refractivity contribution in [3.63, 3.8) is 0 Å². The van der Waals surface area contributed by atoms with Gasteiger partial charge in [-0.25, -0.2) is 8.78 Å². The van der Waals surface area contributed by atoms with Crippen LogP contribution in [0.25, 0.3) is 0 Å². The topological polar surface area (TPSA) is 41.1 Å². The maximum atomic E-state index is 13.7. The van der Waals surface area contributed by atoms with Crippen molar-refractivity contribution in [2.24, 2.45) is 0 Å². The summed E-state index contributed by atoms with van der Waals surface area (Å²) in [5, 5.41) is 5.52. The molecule has 0 aliphatic rings. The quantitative estimate of drug-likeness (QED) is 0.794. The summed E-state index contributed by atoms with van der Waals surface area (Å²) in [7, 11) is 0. The van der Waals surface area contributed by atoms with E-state index in [1.807, 2.05) is 20.8 Å². The van der Waals surface area contributed by atoms with Gasteiger partial charge in [-0.05, 0) is 49.2 Å². The van der Waals surface area contributed by atoms with Crippen molar-refractivity contribution in [1.29, 1.82) is 0 Å². The second kappa shape index (κ2) is 6.52. The highest BCUT2D eigenvalue weighted by atomic mass is 79.9. The fourth-order valence-corrected chi connectivity index (χ4v) is 1.78. The number of amides is 1. The maximum Gasteiger partial charge on any atom is 0.242 e. The Morgan fingerprint density at radius 3 is 2.50 bits per heavy atom. The molecule has 2 N–H and O–H groups in total. The van der Waals surface area contributed by atoms with Crippen LogP contribution < -0.4 is 10.6 Å². The Bertz CT molecular complexity index is 506. The average molecular weight is 349 g/mol. The first kappa shape index (κ1) is 16.9. The largest absolute Gasteiger partial charge is 0.371 e. The van der Waals surface area contributed by atoms with Crippen molar-refractivity contribution >= 4 is 27.5 Å². The Balaban J connectivity index is 2.78. The van der Waals surface area contributed by atoms with Crippen LogP contribution in [-0.2, 0) is 4.79 Å². The highest BCUT2D eigenvalue weighted by Crippen LogP contribution is 2.24. The van der Waals surface area contributed by atoms with Gasteiger partial charge in [0, 0.05) is 11.6 Å². The van der Waals surface area contributed by atoms with Gasteiger partial charge in [-0.1, -0.05) is 6.92 Å². The molecular formula is C14H19BrF2N2O. The molecule has 0 radical (unpaired) electrons. The highest BCUT2D eigenvalue weighted by molar-refractivity contribution is 9.10. The summed E-state index contributed by atoms with van der Waals surface area (Å²) in [5.74, 6) is -1.47. The number of carbonyl (C=O) groups is 1. The SMILES string of the molecule is CCC(C)(C)NC(=O)C(C)Nc1cc(F)c(Br)cc1F. The molecule has 3 nitrogen and oxygen atoms in total. The fraction of sp³-hybridized carbons (Fsp3) is 0.500. The van der Waals surface area contributed by atoms with Gasteiger partial charge in [-0.3, -0.25) is 4.79 Å². The van der Waals surface area contributed by atoms with Crippen LogP contribution in [0.3, 0.4) is 0 Å². The molecule has 0 aliphatic heterocycles. The molecule has 1 rings (SSSR count). The third-order valence-corrected chi connectivity index (χ3v) is 3.73. The molecule has 0 spiro atoms. The van der Waals surface area contributed by atoms with Crippen LogP contribution in [0.15, 0.2) is 16.6 Å². The number of anilines is 1. The summed E-state index contributed by atoms with van der Waals surface area (Å²) < 4.78 is 27.1. The first-order valence-corrected chi connectivity index (χ1v) is 7.18. The van der Waals surface area contributed by atoms with Crippen LogP contribution in [0, 0.1) is 11.6 Å². The lowest BCUT2D eigenvalue weighted by Gasteiger charge is -2.27. The average Bonchev–Trinajstić information content (AvgIpc) is 2.35. The van der Waals surface area contributed by atoms with E-state index in [2.05, 4.69) is 26.6 Å². The Kier molecular flexibility index (Phi) is 5.50. The minimum Gasteiger partial charge on any atom is -0.371 e. The van der Waals surface area contributed by atoms with E-state index >= 15 is 0 Å². The predicted molar refractivity (Wildman–Crippen MR) is 79.7 cm³/mol. The van der Waals surface area contributed by atoms with Gasteiger partial charge >= 0.3 is 0 Å². The predicted octanol–water partition coefficient (Wildman–Crippen LogP) is 3.83. The fourth-order valence-electron chi connectivity index (χ4n) is 1.46. The summed E-state index contributed by atoms with van der Waals surface area (Å²) in [6, 6.07) is 1.38. The smallest absolute Gasteiger partial charge is 0.242 e. The third-order valence-electron chi connectivity index (χ3n) is 3.12. The molecular weight excluding hydrogens is 330 g/mol. The molecule has 112 valence electrons. The Morgan fingerprint density at radius 2 is 1.95 bits per heavy atom. The van der Waals surface area contributed by atoms with Gasteiger partial charge in [0.15, 0.2) is 0 Å². The van der Waals surface area contributed by atoms with Crippen molar-refractivity contribution in [3.8, 4) is 0 Å². The normalized spacial score (nSPS) is 12.9. The summed E-state index contributed by atoms with van der Waals surface area (Å²) in [6.07, 6.45) is 0.771. The van der Waals surface area contributed by atoms with Crippen LogP contribution in [0.2, 0.25) is 0 Å². The Morgan fingerprint density at radius 1 is 1.35 bits per heavy atom. The van der Waals surface area contributed by atoms with E-state index in [-0.39, 0.29) is 21.6 Å². The van der Waals surface area contributed by atoms with E-state index in [4.69, 9.17) is 0 Å². The molecule has 0 saturated carbocycles. The van der Waals surface area contributed by atoms with Crippen LogP contribution in [0.4, 0.5) is 14.5 Å². The van der Waals surface area contributed by atoms with Gasteiger partial charge in [0.05, 0.1) is 10.2 Å². The molecule has 0 heterocycles. The van der Waals surface area contributed by atoms with Gasteiger partial charge in [0.2, 0.25) is 5.91 Å². The van der Waals surface area contributed by atoms with Crippen molar-refractivity contribution in [3.05, 3.63) is 28.2 Å². The van der Waals surface area contributed by atoms with Gasteiger partial charge in [-0.15, -0.1) is 0 Å². The molecule has 1 aromatic rings. The lowest BCUT2D eigenvalue weighted by atomic mass is 10.0. The monoisotopic (exact) mass is 348 g/mol. The number of halogens is 3. The van der Waals surface area contributed by atoms with Crippen LogP contribution in [0.5, 0.6) is 0 Å². The van der Waals surface area contributed by atoms with Crippen molar-refractivity contribution in [1.82, 2.24) is 5.32 Å². The summed E-state index contributed by atoms with van der Waals surface area (Å²) >= 11 is 2.90. The lowest BCUT2D eigenvalue weighted by molar-refractivity contribution is -0.123. The van der Waals surface area contributed by atoms with Crippen LogP contribution in [0.1, 0.15) is 34.1 Å². The number of hydrogen-bond acceptors (Lipinski definition) is 2. The minimum atomic E-state index is -0.670. The molecule has 0 aliphatic carbocycles. The van der Waals surface area contributed by atoms with E-state index in [1.54, 1.807) is 6.92 Å². The zero-order valence-electron chi connectivity index (χ0n) is 12.0. The van der Waals surface area contributed by atoms with Gasteiger partial charge in [-0.2, -0.15) is 0 Å². The van der Waals surface area contributed by atoms with Gasteiger partial charge < -0.3 is 10.6 Å². The van der Waals surface area contributed by atoms with E-state index < -0.39 is 17.7 Å². The van der Waals surface area contributed by atoms with E-state index in [0.717, 1.165) is 18.6 Å². The molecule has 0 saturated heterocycles. The molecule has 1 unspecified atom stereocenters. The lowest BCUT2D eigenvalue weighted by Crippen LogP contribution is -2.48. The molecule has 6 heteroatoms. The number of nitrogens with one attached hydrogen (secondary N) is 2. The molecule has 0 aromatic heterocycles. The van der Waals surface area contributed by atoms with Crippen LogP contribution in [-0.4, -0.2) is 17.5 Å². The maximum absolute atomic E-state index is 13.7. The van der Waals surface area contributed by atoms with Crippen molar-refractivity contribution in [2.45, 2.75) is 45.7 Å². The van der Waals surface area contributed by atoms with Crippen LogP contribution >= 0.6 is 15.9 Å². The van der Waals surface area contributed by atoms with E-state index in [1.165, 1.54) is 0 Å². The molecule has 1 aromatic carbocycles. The number of hydrogen-bond donors (Lipinski definition) is 2.